The van der Waals surface area contributed by atoms with Crippen molar-refractivity contribution in [2.24, 2.45) is 0 Å². The van der Waals surface area contributed by atoms with Crippen molar-refractivity contribution in [3.63, 3.8) is 0 Å². The molecule has 3 heterocycles. The summed E-state index contributed by atoms with van der Waals surface area (Å²) in [6, 6.07) is 15.7. The van der Waals surface area contributed by atoms with Gasteiger partial charge < -0.3 is 19.5 Å². The first kappa shape index (κ1) is 21.9. The predicted molar refractivity (Wildman–Crippen MR) is 126 cm³/mol. The molecule has 2 atom stereocenters. The van der Waals surface area contributed by atoms with Gasteiger partial charge in [-0.15, -0.1) is 0 Å². The van der Waals surface area contributed by atoms with Crippen molar-refractivity contribution in [3.8, 4) is 11.3 Å². The first-order valence-electron chi connectivity index (χ1n) is 10.4. The second kappa shape index (κ2) is 9.46. The highest BCUT2D eigenvalue weighted by atomic mass is 32.1. The van der Waals surface area contributed by atoms with Crippen molar-refractivity contribution < 1.29 is 9.34 Å². The number of rotatable bonds is 8. The molecular weight excluding hydrogens is 426 g/mol. The number of non-ortho nitro benzene ring substituents is 1. The highest BCUT2D eigenvalue weighted by Crippen LogP contribution is 2.40. The molecule has 1 aromatic carbocycles. The third-order valence-electron chi connectivity index (χ3n) is 5.46. The Kier molecular flexibility index (Phi) is 6.48. The highest BCUT2D eigenvalue weighted by molar-refractivity contribution is 7.80. The maximum Gasteiger partial charge on any atom is 0.270 e. The van der Waals surface area contributed by atoms with Gasteiger partial charge in [0.25, 0.3) is 5.69 Å². The Hall–Kier alpha value is -3.30. The molecule has 3 aromatic rings. The zero-order valence-corrected chi connectivity index (χ0v) is 18.8. The van der Waals surface area contributed by atoms with Gasteiger partial charge in [-0.1, -0.05) is 18.2 Å². The van der Waals surface area contributed by atoms with E-state index in [2.05, 4.69) is 20.1 Å². The van der Waals surface area contributed by atoms with Gasteiger partial charge in [-0.05, 0) is 63.5 Å². The number of hydrogen-bond donors (Lipinski definition) is 1. The number of aromatic nitrogens is 1. The van der Waals surface area contributed by atoms with Gasteiger partial charge in [0.15, 0.2) is 5.11 Å². The van der Waals surface area contributed by atoms with E-state index in [1.807, 2.05) is 44.4 Å². The maximum absolute atomic E-state index is 11.2. The molecule has 0 saturated carbocycles. The van der Waals surface area contributed by atoms with Crippen molar-refractivity contribution >= 4 is 23.0 Å². The smallest absolute Gasteiger partial charge is 0.270 e. The Labute approximate surface area is 192 Å². The third kappa shape index (κ3) is 4.63. The Morgan fingerprint density at radius 3 is 2.78 bits per heavy atom. The minimum Gasteiger partial charge on any atom is -0.459 e. The first-order chi connectivity index (χ1) is 15.4. The molecule has 1 aliphatic rings. The standard InChI is InChI=1S/C23H25N5O3S/c1-26(2)13-6-14-27-22(21(25-23(27)32)18-9-3-4-12-24-18)20-11-10-19(31-20)16-7-5-8-17(15-16)28(29)30/h3-5,7-12,15,21-22H,6,13-14H2,1-2H3,(H,25,32). The Bertz CT molecular complexity index is 1100. The fourth-order valence-electron chi connectivity index (χ4n) is 3.95. The van der Waals surface area contributed by atoms with E-state index in [0.29, 0.717) is 16.4 Å². The lowest BCUT2D eigenvalue weighted by atomic mass is 10.0. The van der Waals surface area contributed by atoms with Gasteiger partial charge in [0.05, 0.1) is 16.7 Å². The summed E-state index contributed by atoms with van der Waals surface area (Å²) in [5.74, 6) is 1.31. The van der Waals surface area contributed by atoms with Crippen molar-refractivity contribution in [2.45, 2.75) is 18.5 Å². The zero-order valence-electron chi connectivity index (χ0n) is 18.0. The first-order valence-corrected chi connectivity index (χ1v) is 10.8. The monoisotopic (exact) mass is 451 g/mol. The fourth-order valence-corrected chi connectivity index (χ4v) is 4.28. The molecule has 0 amide bonds. The Balaban J connectivity index is 1.67. The van der Waals surface area contributed by atoms with E-state index in [1.54, 1.807) is 18.3 Å². The van der Waals surface area contributed by atoms with Crippen LogP contribution in [-0.2, 0) is 0 Å². The molecule has 0 spiro atoms. The van der Waals surface area contributed by atoms with Crippen LogP contribution in [0.25, 0.3) is 11.3 Å². The maximum atomic E-state index is 11.2. The average molecular weight is 452 g/mol. The molecule has 0 aliphatic carbocycles. The van der Waals surface area contributed by atoms with E-state index >= 15 is 0 Å². The van der Waals surface area contributed by atoms with Crippen LogP contribution in [0.4, 0.5) is 5.69 Å². The minimum absolute atomic E-state index is 0.0286. The molecule has 8 nitrogen and oxygen atoms in total. The van der Waals surface area contributed by atoms with Gasteiger partial charge in [-0.3, -0.25) is 15.1 Å². The summed E-state index contributed by atoms with van der Waals surface area (Å²) in [5.41, 5.74) is 1.57. The van der Waals surface area contributed by atoms with Crippen LogP contribution in [-0.4, -0.2) is 52.0 Å². The number of nitrogens with zero attached hydrogens (tertiary/aromatic N) is 4. The summed E-state index contributed by atoms with van der Waals surface area (Å²) in [5, 5.41) is 15.2. The fraction of sp³-hybridized carbons (Fsp3) is 0.304. The lowest BCUT2D eigenvalue weighted by molar-refractivity contribution is -0.384. The van der Waals surface area contributed by atoms with Crippen LogP contribution < -0.4 is 5.32 Å². The highest BCUT2D eigenvalue weighted by Gasteiger charge is 2.41. The number of nitro groups is 1. The molecule has 166 valence electrons. The lowest BCUT2D eigenvalue weighted by Gasteiger charge is -2.26. The van der Waals surface area contributed by atoms with Crippen molar-refractivity contribution in [2.75, 3.05) is 27.2 Å². The predicted octanol–water partition coefficient (Wildman–Crippen LogP) is 4.17. The number of furan rings is 1. The van der Waals surface area contributed by atoms with E-state index in [4.69, 9.17) is 16.6 Å². The summed E-state index contributed by atoms with van der Waals surface area (Å²) < 4.78 is 6.24. The molecule has 0 radical (unpaired) electrons. The average Bonchev–Trinajstić information content (AvgIpc) is 3.39. The van der Waals surface area contributed by atoms with Crippen LogP contribution >= 0.6 is 12.2 Å². The third-order valence-corrected chi connectivity index (χ3v) is 5.81. The van der Waals surface area contributed by atoms with Gasteiger partial charge in [0.1, 0.15) is 17.6 Å². The number of benzene rings is 1. The largest absolute Gasteiger partial charge is 0.459 e. The summed E-state index contributed by atoms with van der Waals surface area (Å²) >= 11 is 5.68. The van der Waals surface area contributed by atoms with Gasteiger partial charge in [-0.2, -0.15) is 0 Å². The Morgan fingerprint density at radius 2 is 2.06 bits per heavy atom. The molecule has 1 saturated heterocycles. The van der Waals surface area contributed by atoms with Gasteiger partial charge in [0.2, 0.25) is 0 Å². The summed E-state index contributed by atoms with van der Waals surface area (Å²) in [7, 11) is 4.10. The molecule has 1 N–H and O–H groups in total. The summed E-state index contributed by atoms with van der Waals surface area (Å²) in [4.78, 5) is 19.6. The van der Waals surface area contributed by atoms with Crippen LogP contribution in [0.15, 0.2) is 65.2 Å². The molecular formula is C23H25N5O3S. The normalized spacial score (nSPS) is 18.2. The van der Waals surface area contributed by atoms with Crippen LogP contribution in [0.5, 0.6) is 0 Å². The number of thiocarbonyl (C=S) groups is 1. The number of nitrogens with one attached hydrogen (secondary N) is 1. The second-order valence-corrected chi connectivity index (χ2v) is 8.37. The molecule has 1 fully saturated rings. The van der Waals surface area contributed by atoms with Crippen LogP contribution in [0.2, 0.25) is 0 Å². The molecule has 32 heavy (non-hydrogen) atoms. The van der Waals surface area contributed by atoms with Crippen LogP contribution in [0.3, 0.4) is 0 Å². The van der Waals surface area contributed by atoms with Crippen molar-refractivity contribution in [1.29, 1.82) is 0 Å². The lowest BCUT2D eigenvalue weighted by Crippen LogP contribution is -2.32. The molecule has 2 aromatic heterocycles. The molecule has 9 heteroatoms. The number of hydrogen-bond acceptors (Lipinski definition) is 6. The van der Waals surface area contributed by atoms with Gasteiger partial charge in [0, 0.05) is 30.4 Å². The summed E-state index contributed by atoms with van der Waals surface area (Å²) in [6.45, 7) is 1.71. The van der Waals surface area contributed by atoms with E-state index < -0.39 is 4.92 Å². The topological polar surface area (TPSA) is 87.7 Å². The zero-order chi connectivity index (χ0) is 22.7. The van der Waals surface area contributed by atoms with Crippen molar-refractivity contribution in [1.82, 2.24) is 20.1 Å². The number of nitro benzene ring substituents is 1. The van der Waals surface area contributed by atoms with E-state index in [0.717, 1.165) is 31.0 Å². The van der Waals surface area contributed by atoms with E-state index in [-0.39, 0.29) is 17.8 Å². The molecule has 0 bridgehead atoms. The molecule has 1 aliphatic heterocycles. The van der Waals surface area contributed by atoms with Crippen LogP contribution in [0.1, 0.15) is 30.0 Å². The second-order valence-electron chi connectivity index (χ2n) is 7.99. The summed E-state index contributed by atoms with van der Waals surface area (Å²) in [6.07, 6.45) is 2.71. The van der Waals surface area contributed by atoms with Gasteiger partial charge in [-0.25, -0.2) is 0 Å². The van der Waals surface area contributed by atoms with Crippen molar-refractivity contribution in [3.05, 3.63) is 82.4 Å². The van der Waals surface area contributed by atoms with Crippen LogP contribution in [0, 0.1) is 10.1 Å². The number of pyridine rings is 1. The SMILES string of the molecule is CN(C)CCCN1C(=S)NC(c2ccccn2)C1c1ccc(-c2cccc([N+](=O)[O-])c2)o1. The molecule has 2 unspecified atom stereocenters. The van der Waals surface area contributed by atoms with Gasteiger partial charge >= 0.3 is 0 Å². The molecule has 4 rings (SSSR count). The quantitative estimate of drug-likeness (QED) is 0.310. The minimum atomic E-state index is -0.406. The van der Waals surface area contributed by atoms with E-state index in [1.165, 1.54) is 12.1 Å². The Morgan fingerprint density at radius 1 is 1.22 bits per heavy atom. The van der Waals surface area contributed by atoms with E-state index in [9.17, 15) is 10.1 Å².